The molecular formula is C17H24N2OS. The maximum absolute atomic E-state index is 12.9. The number of hydrogen-bond acceptors (Lipinski definition) is 3. The molecule has 2 heterocycles. The fourth-order valence-electron chi connectivity index (χ4n) is 4.10. The van der Waals surface area contributed by atoms with Crippen molar-refractivity contribution in [1.29, 1.82) is 0 Å². The van der Waals surface area contributed by atoms with Crippen molar-refractivity contribution in [1.82, 2.24) is 4.90 Å². The first-order valence-electron chi connectivity index (χ1n) is 8.28. The Bertz CT molecular complexity index is 539. The fraction of sp³-hybridized carbons (Fsp3) is 0.706. The van der Waals surface area contributed by atoms with Gasteiger partial charge in [-0.1, -0.05) is 6.42 Å². The first-order chi connectivity index (χ1) is 10.2. The van der Waals surface area contributed by atoms with E-state index in [9.17, 15) is 4.79 Å². The highest BCUT2D eigenvalue weighted by molar-refractivity contribution is 7.10. The van der Waals surface area contributed by atoms with Crippen LogP contribution in [0.25, 0.3) is 0 Å². The summed E-state index contributed by atoms with van der Waals surface area (Å²) in [6, 6.07) is 2.62. The molecule has 4 heteroatoms. The van der Waals surface area contributed by atoms with Gasteiger partial charge in [-0.05, 0) is 67.0 Å². The molecule has 3 nitrogen and oxygen atoms in total. The lowest BCUT2D eigenvalue weighted by Crippen LogP contribution is -2.46. The van der Waals surface area contributed by atoms with Gasteiger partial charge in [-0.25, -0.2) is 0 Å². The zero-order valence-electron chi connectivity index (χ0n) is 12.5. The largest absolute Gasteiger partial charge is 0.335 e. The molecule has 1 aromatic heterocycles. The Hall–Kier alpha value is -0.870. The standard InChI is InChI=1S/C17H24N2OS/c18-11-17(6-1-7-17)10-15(20)19-8-4-14-13(5-9-21-14)16(19)12-2-3-12/h5,9,12,16H,1-4,6-8,10-11,18H2. The van der Waals surface area contributed by atoms with Crippen molar-refractivity contribution >= 4 is 17.2 Å². The van der Waals surface area contributed by atoms with E-state index in [4.69, 9.17) is 5.73 Å². The minimum atomic E-state index is 0.125. The summed E-state index contributed by atoms with van der Waals surface area (Å²) in [6.45, 7) is 1.58. The van der Waals surface area contributed by atoms with E-state index in [0.717, 1.165) is 25.8 Å². The van der Waals surface area contributed by atoms with E-state index in [1.807, 2.05) is 11.3 Å². The molecule has 1 aromatic rings. The number of nitrogens with zero attached hydrogens (tertiary/aromatic N) is 1. The highest BCUT2D eigenvalue weighted by Crippen LogP contribution is 2.50. The Morgan fingerprint density at radius 1 is 1.43 bits per heavy atom. The van der Waals surface area contributed by atoms with Gasteiger partial charge in [0.25, 0.3) is 0 Å². The molecule has 0 radical (unpaired) electrons. The van der Waals surface area contributed by atoms with Crippen LogP contribution in [-0.2, 0) is 11.2 Å². The molecule has 3 aliphatic rings. The summed E-state index contributed by atoms with van der Waals surface area (Å²) >= 11 is 1.86. The zero-order chi connectivity index (χ0) is 14.4. The summed E-state index contributed by atoms with van der Waals surface area (Å²) in [7, 11) is 0. The summed E-state index contributed by atoms with van der Waals surface area (Å²) in [5.41, 5.74) is 7.51. The first kappa shape index (κ1) is 13.8. The maximum Gasteiger partial charge on any atom is 0.223 e. The van der Waals surface area contributed by atoms with Crippen molar-refractivity contribution in [2.45, 2.75) is 51.0 Å². The van der Waals surface area contributed by atoms with E-state index in [1.54, 1.807) is 0 Å². The molecule has 21 heavy (non-hydrogen) atoms. The summed E-state index contributed by atoms with van der Waals surface area (Å²) in [4.78, 5) is 16.6. The molecular weight excluding hydrogens is 280 g/mol. The Balaban J connectivity index is 1.55. The van der Waals surface area contributed by atoms with Crippen LogP contribution >= 0.6 is 11.3 Å². The minimum Gasteiger partial charge on any atom is -0.335 e. The van der Waals surface area contributed by atoms with Crippen molar-refractivity contribution in [2.75, 3.05) is 13.1 Å². The normalized spacial score (nSPS) is 27.1. The van der Waals surface area contributed by atoms with Gasteiger partial charge in [0.15, 0.2) is 0 Å². The average molecular weight is 304 g/mol. The lowest BCUT2D eigenvalue weighted by Gasteiger charge is -2.43. The Morgan fingerprint density at radius 2 is 2.24 bits per heavy atom. The Morgan fingerprint density at radius 3 is 2.86 bits per heavy atom. The molecule has 0 spiro atoms. The van der Waals surface area contributed by atoms with E-state index in [1.165, 1.54) is 29.7 Å². The number of amides is 1. The predicted molar refractivity (Wildman–Crippen MR) is 85.2 cm³/mol. The fourth-order valence-corrected chi connectivity index (χ4v) is 5.01. The highest BCUT2D eigenvalue weighted by atomic mass is 32.1. The van der Waals surface area contributed by atoms with Gasteiger partial charge in [0.05, 0.1) is 6.04 Å². The van der Waals surface area contributed by atoms with E-state index < -0.39 is 0 Å². The summed E-state index contributed by atoms with van der Waals surface area (Å²) in [5, 5.41) is 2.20. The van der Waals surface area contributed by atoms with E-state index >= 15 is 0 Å². The van der Waals surface area contributed by atoms with Crippen LogP contribution in [0.15, 0.2) is 11.4 Å². The number of fused-ring (bicyclic) bond motifs is 1. The van der Waals surface area contributed by atoms with Crippen molar-refractivity contribution in [3.63, 3.8) is 0 Å². The molecule has 1 aliphatic heterocycles. The van der Waals surface area contributed by atoms with Gasteiger partial charge in [-0.3, -0.25) is 4.79 Å². The summed E-state index contributed by atoms with van der Waals surface area (Å²) in [5.74, 6) is 1.06. The van der Waals surface area contributed by atoms with Gasteiger partial charge in [-0.2, -0.15) is 0 Å². The third kappa shape index (κ3) is 2.33. The van der Waals surface area contributed by atoms with Crippen LogP contribution < -0.4 is 5.73 Å². The molecule has 2 fully saturated rings. The van der Waals surface area contributed by atoms with Crippen molar-refractivity contribution in [3.05, 3.63) is 21.9 Å². The summed E-state index contributed by atoms with van der Waals surface area (Å²) in [6.07, 6.45) is 7.80. The number of rotatable bonds is 4. The van der Waals surface area contributed by atoms with Crippen LogP contribution in [0.1, 0.15) is 55.0 Å². The maximum atomic E-state index is 12.9. The van der Waals surface area contributed by atoms with Gasteiger partial charge in [0.2, 0.25) is 5.91 Å². The monoisotopic (exact) mass is 304 g/mol. The minimum absolute atomic E-state index is 0.125. The number of nitrogens with two attached hydrogens (primary N) is 1. The second kappa shape index (κ2) is 5.10. The molecule has 1 amide bonds. The average Bonchev–Trinajstić information content (AvgIpc) is 3.18. The molecule has 114 valence electrons. The van der Waals surface area contributed by atoms with E-state index in [2.05, 4.69) is 16.3 Å². The molecule has 1 atom stereocenters. The highest BCUT2D eigenvalue weighted by Gasteiger charge is 2.44. The van der Waals surface area contributed by atoms with Crippen LogP contribution in [0.2, 0.25) is 0 Å². The van der Waals surface area contributed by atoms with Crippen molar-refractivity contribution in [3.8, 4) is 0 Å². The zero-order valence-corrected chi connectivity index (χ0v) is 13.3. The van der Waals surface area contributed by atoms with Gasteiger partial charge < -0.3 is 10.6 Å². The predicted octanol–water partition coefficient (Wildman–Crippen LogP) is 3.10. The van der Waals surface area contributed by atoms with E-state index in [0.29, 0.717) is 30.8 Å². The number of carbonyl (C=O) groups excluding carboxylic acids is 1. The van der Waals surface area contributed by atoms with Gasteiger partial charge in [0.1, 0.15) is 0 Å². The Labute approximate surface area is 130 Å². The molecule has 4 rings (SSSR count). The lowest BCUT2D eigenvalue weighted by molar-refractivity contribution is -0.138. The number of carbonyl (C=O) groups is 1. The van der Waals surface area contributed by atoms with Crippen LogP contribution in [0.3, 0.4) is 0 Å². The second-order valence-corrected chi connectivity index (χ2v) is 8.15. The van der Waals surface area contributed by atoms with Crippen LogP contribution in [0, 0.1) is 11.3 Å². The molecule has 0 bridgehead atoms. The number of hydrogen-bond donors (Lipinski definition) is 1. The lowest BCUT2D eigenvalue weighted by atomic mass is 9.66. The van der Waals surface area contributed by atoms with Gasteiger partial charge >= 0.3 is 0 Å². The first-order valence-corrected chi connectivity index (χ1v) is 9.16. The van der Waals surface area contributed by atoms with Gasteiger partial charge in [-0.15, -0.1) is 11.3 Å². The van der Waals surface area contributed by atoms with E-state index in [-0.39, 0.29) is 5.41 Å². The third-order valence-electron chi connectivity index (χ3n) is 5.78. The van der Waals surface area contributed by atoms with Gasteiger partial charge in [0, 0.05) is 17.8 Å². The molecule has 2 saturated carbocycles. The quantitative estimate of drug-likeness (QED) is 0.929. The SMILES string of the molecule is NCC1(CC(=O)N2CCc3sccc3C2C2CC2)CCC1. The third-order valence-corrected chi connectivity index (χ3v) is 6.77. The number of thiophene rings is 1. The summed E-state index contributed by atoms with van der Waals surface area (Å²) < 4.78 is 0. The van der Waals surface area contributed by atoms with Crippen molar-refractivity contribution in [2.24, 2.45) is 17.1 Å². The molecule has 2 N–H and O–H groups in total. The topological polar surface area (TPSA) is 46.3 Å². The van der Waals surface area contributed by atoms with Crippen molar-refractivity contribution < 1.29 is 4.79 Å². The molecule has 0 saturated heterocycles. The van der Waals surface area contributed by atoms with Crippen LogP contribution in [-0.4, -0.2) is 23.9 Å². The van der Waals surface area contributed by atoms with Crippen LogP contribution in [0.4, 0.5) is 0 Å². The second-order valence-electron chi connectivity index (χ2n) is 7.15. The molecule has 1 unspecified atom stereocenters. The molecule has 2 aliphatic carbocycles. The smallest absolute Gasteiger partial charge is 0.223 e. The Kier molecular flexibility index (Phi) is 3.34. The molecule has 0 aromatic carbocycles. The van der Waals surface area contributed by atoms with Crippen LogP contribution in [0.5, 0.6) is 0 Å².